The van der Waals surface area contributed by atoms with Crippen LogP contribution in [0.25, 0.3) is 10.8 Å². The van der Waals surface area contributed by atoms with Gasteiger partial charge in [-0.05, 0) is 60.1 Å². The first-order valence-corrected chi connectivity index (χ1v) is 24.8. The van der Waals surface area contributed by atoms with Crippen LogP contribution in [0.3, 0.4) is 0 Å². The van der Waals surface area contributed by atoms with E-state index in [0.29, 0.717) is 12.1 Å². The van der Waals surface area contributed by atoms with Crippen molar-refractivity contribution >= 4 is 70.3 Å². The molecule has 1 unspecified atom stereocenters. The normalized spacial score (nSPS) is 16.3. The highest BCUT2D eigenvalue weighted by molar-refractivity contribution is 5.98. The van der Waals surface area contributed by atoms with Crippen LogP contribution in [0.4, 0.5) is 4.79 Å². The molecule has 1 saturated heterocycles. The minimum absolute atomic E-state index is 0.0580. The number of carboxylic acids is 6. The SMILES string of the molecule is O=C(O)CC[C@H](NC(=O)NC(CCCCNC(=O)[C@H](Cc1ccc2ccccc2c1)NC(=O)c1cnc2c(c1)CCN(C(=O)CN1CCN(CC(=O)O)CCN(CC(=O)O)CCN(CC(=O)O)CC1)C2)C(=O)O)C(=O)O. The van der Waals surface area contributed by atoms with Crippen molar-refractivity contribution in [3.05, 3.63) is 77.1 Å². The van der Waals surface area contributed by atoms with E-state index in [9.17, 15) is 73.5 Å². The summed E-state index contributed by atoms with van der Waals surface area (Å²) in [7, 11) is 0. The molecule has 0 aliphatic carbocycles. The minimum Gasteiger partial charge on any atom is -0.481 e. The van der Waals surface area contributed by atoms with Crippen LogP contribution in [-0.4, -0.2) is 229 Å². The number of aromatic nitrogens is 1. The van der Waals surface area contributed by atoms with Crippen molar-refractivity contribution in [2.45, 2.75) is 69.6 Å². The molecule has 3 atom stereocenters. The Morgan fingerprint density at radius 1 is 0.566 bits per heavy atom. The predicted octanol–water partition coefficient (Wildman–Crippen LogP) is -0.707. The Bertz CT molecular complexity index is 2550. The van der Waals surface area contributed by atoms with E-state index >= 15 is 0 Å². The number of hydrogen-bond donors (Lipinski definition) is 10. The molecule has 26 heteroatoms. The molecule has 2 aliphatic heterocycles. The Morgan fingerprint density at radius 3 is 1.64 bits per heavy atom. The number of amides is 5. The molecule has 3 aromatic rings. The number of carbonyl (C=O) groups excluding carboxylic acids is 4. The van der Waals surface area contributed by atoms with E-state index in [4.69, 9.17) is 5.11 Å². The average Bonchev–Trinajstić information content (AvgIpc) is 3.36. The summed E-state index contributed by atoms with van der Waals surface area (Å²) in [4.78, 5) is 136. The molecule has 0 spiro atoms. The van der Waals surface area contributed by atoms with E-state index in [1.54, 1.807) is 25.7 Å². The summed E-state index contributed by atoms with van der Waals surface area (Å²) in [5.41, 5.74) is 2.20. The second kappa shape index (κ2) is 29.3. The summed E-state index contributed by atoms with van der Waals surface area (Å²) >= 11 is 0. The van der Waals surface area contributed by atoms with E-state index < -0.39 is 84.6 Å². The molecule has 0 radical (unpaired) electrons. The van der Waals surface area contributed by atoms with Crippen LogP contribution in [0.2, 0.25) is 0 Å². The van der Waals surface area contributed by atoms with Gasteiger partial charge in [0, 0.05) is 84.5 Å². The van der Waals surface area contributed by atoms with Gasteiger partial charge in [0.25, 0.3) is 5.91 Å². The van der Waals surface area contributed by atoms with Gasteiger partial charge in [-0.15, -0.1) is 0 Å². The standard InChI is InChI=1S/C50H66N10O16/c61-41(28-56-15-17-57(29-43(64)65)19-21-59(31-45(68)69)22-20-58(18-16-56)30-44(66)67)60-14-12-35-25-36(26-52-40(35)27-60)46(70)53-39(24-32-8-9-33-5-1-2-6-34(33)23-32)47(71)51-13-4-3-7-37(48(72)73)54-50(76)55-38(49(74)75)10-11-42(62)63/h1-2,5-6,8-9,23,25-26,37-39H,3-4,7,10-22,24,27-31H2,(H,51,71)(H,53,70)(H,62,63)(H,64,65)(H,66,67)(H,68,69)(H,72,73)(H,74,75)(H2,54,55,76)/t37?,38-,39-/m0/s1. The van der Waals surface area contributed by atoms with Crippen molar-refractivity contribution in [1.82, 2.24) is 50.8 Å². The lowest BCUT2D eigenvalue weighted by atomic mass is 10.00. The van der Waals surface area contributed by atoms with Gasteiger partial charge in [-0.25, -0.2) is 14.4 Å². The Hall–Kier alpha value is -7.81. The number of nitrogens with one attached hydrogen (secondary N) is 4. The molecule has 76 heavy (non-hydrogen) atoms. The number of carbonyl (C=O) groups is 10. The van der Waals surface area contributed by atoms with E-state index in [0.717, 1.165) is 21.9 Å². The lowest BCUT2D eigenvalue weighted by molar-refractivity contribution is -0.141. The van der Waals surface area contributed by atoms with E-state index in [1.807, 2.05) is 47.4 Å². The molecule has 1 aromatic heterocycles. The van der Waals surface area contributed by atoms with E-state index in [-0.39, 0.29) is 135 Å². The lowest BCUT2D eigenvalue weighted by Gasteiger charge is -2.34. The molecule has 0 saturated carbocycles. The highest BCUT2D eigenvalue weighted by Crippen LogP contribution is 2.21. The van der Waals surface area contributed by atoms with Crippen molar-refractivity contribution in [3.63, 3.8) is 0 Å². The lowest BCUT2D eigenvalue weighted by Crippen LogP contribution is -2.51. The second-order valence-corrected chi connectivity index (χ2v) is 18.7. The Balaban J connectivity index is 1.21. The molecule has 2 aliphatic rings. The zero-order chi connectivity index (χ0) is 55.3. The second-order valence-electron chi connectivity index (χ2n) is 18.7. The smallest absolute Gasteiger partial charge is 0.326 e. The number of unbranched alkanes of at least 4 members (excludes halogenated alkanes) is 1. The molecule has 5 rings (SSSR count). The Morgan fingerprint density at radius 2 is 1.11 bits per heavy atom. The molecular weight excluding hydrogens is 997 g/mol. The highest BCUT2D eigenvalue weighted by atomic mass is 16.4. The van der Waals surface area contributed by atoms with Gasteiger partial charge < -0.3 is 56.8 Å². The average molecular weight is 1060 g/mol. The van der Waals surface area contributed by atoms with Crippen LogP contribution in [0.1, 0.15) is 59.3 Å². The summed E-state index contributed by atoms with van der Waals surface area (Å²) in [5, 5.41) is 68.3. The van der Waals surface area contributed by atoms with Crippen LogP contribution in [-0.2, 0) is 57.7 Å². The third kappa shape index (κ3) is 19.8. The molecule has 0 bridgehead atoms. The van der Waals surface area contributed by atoms with Crippen molar-refractivity contribution in [1.29, 1.82) is 0 Å². The molecule has 5 amide bonds. The van der Waals surface area contributed by atoms with Gasteiger partial charge in [-0.1, -0.05) is 42.5 Å². The van der Waals surface area contributed by atoms with Gasteiger partial charge in [0.2, 0.25) is 11.8 Å². The quantitative estimate of drug-likeness (QED) is 0.0469. The molecule has 3 heterocycles. The predicted molar refractivity (Wildman–Crippen MR) is 269 cm³/mol. The summed E-state index contributed by atoms with van der Waals surface area (Å²) in [5.74, 6) is -8.71. The summed E-state index contributed by atoms with van der Waals surface area (Å²) in [6.07, 6.45) is 1.20. The van der Waals surface area contributed by atoms with Crippen molar-refractivity contribution < 1.29 is 78.6 Å². The molecule has 10 N–H and O–H groups in total. The highest BCUT2D eigenvalue weighted by Gasteiger charge is 2.29. The maximum Gasteiger partial charge on any atom is 0.326 e. The van der Waals surface area contributed by atoms with Crippen LogP contribution in [0.5, 0.6) is 0 Å². The number of nitrogens with zero attached hydrogens (tertiary/aromatic N) is 6. The molecule has 1 fully saturated rings. The number of urea groups is 1. The first kappa shape index (κ1) is 59.1. The van der Waals surface area contributed by atoms with Crippen LogP contribution in [0, 0.1) is 0 Å². The Labute approximate surface area is 437 Å². The number of benzene rings is 2. The van der Waals surface area contributed by atoms with E-state index in [2.05, 4.69) is 26.3 Å². The third-order valence-electron chi connectivity index (χ3n) is 13.0. The van der Waals surface area contributed by atoms with Gasteiger partial charge in [0.15, 0.2) is 0 Å². The maximum absolute atomic E-state index is 13.9. The summed E-state index contributed by atoms with van der Waals surface area (Å²) < 4.78 is 0. The monoisotopic (exact) mass is 1060 g/mol. The number of hydrogen-bond acceptors (Lipinski definition) is 15. The number of pyridine rings is 1. The fourth-order valence-electron chi connectivity index (χ4n) is 8.83. The van der Waals surface area contributed by atoms with Crippen LogP contribution < -0.4 is 21.3 Å². The summed E-state index contributed by atoms with van der Waals surface area (Å²) in [6, 6.07) is 9.78. The number of carboxylic acid groups (broad SMARTS) is 6. The zero-order valence-corrected chi connectivity index (χ0v) is 41.9. The fourth-order valence-corrected chi connectivity index (χ4v) is 8.83. The van der Waals surface area contributed by atoms with Gasteiger partial charge in [-0.2, -0.15) is 0 Å². The van der Waals surface area contributed by atoms with Gasteiger partial charge in [-0.3, -0.25) is 58.1 Å². The van der Waals surface area contributed by atoms with Crippen molar-refractivity contribution in [2.24, 2.45) is 0 Å². The van der Waals surface area contributed by atoms with Crippen LogP contribution in [0.15, 0.2) is 54.7 Å². The van der Waals surface area contributed by atoms with Gasteiger partial charge in [0.05, 0.1) is 44.0 Å². The fraction of sp³-hybridized carbons (Fsp3) is 0.500. The minimum atomic E-state index is -1.56. The summed E-state index contributed by atoms with van der Waals surface area (Å²) in [6.45, 7) is 1.50. The third-order valence-corrected chi connectivity index (χ3v) is 13.0. The first-order chi connectivity index (χ1) is 36.2. The first-order valence-electron chi connectivity index (χ1n) is 24.8. The molecular formula is C50H66N10O16. The largest absolute Gasteiger partial charge is 0.481 e. The Kier molecular flexibility index (Phi) is 22.8. The molecule has 26 nitrogen and oxygen atoms in total. The molecule has 2 aromatic carbocycles. The molecule has 412 valence electrons. The number of aliphatic carboxylic acids is 6. The topological polar surface area (TPSA) is 369 Å². The van der Waals surface area contributed by atoms with Gasteiger partial charge in [0.1, 0.15) is 18.1 Å². The van der Waals surface area contributed by atoms with Crippen molar-refractivity contribution in [3.8, 4) is 0 Å². The van der Waals surface area contributed by atoms with Crippen LogP contribution >= 0.6 is 0 Å². The van der Waals surface area contributed by atoms with Gasteiger partial charge >= 0.3 is 41.8 Å². The maximum atomic E-state index is 13.9. The van der Waals surface area contributed by atoms with E-state index in [1.165, 1.54) is 6.20 Å². The number of rotatable bonds is 25. The zero-order valence-electron chi connectivity index (χ0n) is 41.9. The number of fused-ring (bicyclic) bond motifs is 2. The van der Waals surface area contributed by atoms with Crippen molar-refractivity contribution in [2.75, 3.05) is 91.6 Å².